The predicted octanol–water partition coefficient (Wildman–Crippen LogP) is 7.93. The van der Waals surface area contributed by atoms with Gasteiger partial charge in [0.05, 0.1) is 28.7 Å². The van der Waals surface area contributed by atoms with E-state index in [4.69, 9.17) is 14.8 Å². The van der Waals surface area contributed by atoms with Crippen molar-refractivity contribution in [3.63, 3.8) is 0 Å². The standard InChI is InChI=1S/C35H31N6O2P/c1-24-32-34(40(37-24)25-15-7-5-8-16-25)36-23-31(33-35(2,3)27-19-11-13-21-29(27)39(33)4)44(32,26-17-9-6-10-18-26)38-28-20-12-14-22-30(28)41(42)43/h5-23H,1-4H3/b33-31+. The van der Waals surface area contributed by atoms with Crippen molar-refractivity contribution in [1.82, 2.24) is 9.78 Å². The highest BCUT2D eigenvalue weighted by molar-refractivity contribution is 7.86. The van der Waals surface area contributed by atoms with Gasteiger partial charge < -0.3 is 4.90 Å². The van der Waals surface area contributed by atoms with Crippen molar-refractivity contribution < 1.29 is 4.92 Å². The summed E-state index contributed by atoms with van der Waals surface area (Å²) in [6.07, 6.45) is 1.95. The second kappa shape index (κ2) is 10.3. The summed E-state index contributed by atoms with van der Waals surface area (Å²) in [5.74, 6) is 0.688. The van der Waals surface area contributed by atoms with Gasteiger partial charge in [0.15, 0.2) is 5.82 Å². The molecule has 0 N–H and O–H groups in total. The van der Waals surface area contributed by atoms with Gasteiger partial charge in [-0.2, -0.15) is 5.10 Å². The molecule has 9 heteroatoms. The fourth-order valence-corrected chi connectivity index (χ4v) is 10.8. The number of nitro benzene ring substituents is 1. The molecule has 5 aromatic rings. The highest BCUT2D eigenvalue weighted by Gasteiger charge is 2.47. The second-order valence-electron chi connectivity index (χ2n) is 11.5. The SMILES string of the molecule is Cc1nn(-c2ccccc2)c2c1P(=Nc1ccccc1[N+](=O)[O-])(c1ccccc1)/C(=C1/N(C)c3ccccc3C1(C)C)C=N2. The first-order valence-electron chi connectivity index (χ1n) is 14.4. The molecule has 0 saturated heterocycles. The number of hydrogen-bond acceptors (Lipinski definition) is 6. The Kier molecular flexibility index (Phi) is 6.48. The Morgan fingerprint density at radius 1 is 0.864 bits per heavy atom. The topological polar surface area (TPSA) is 88.9 Å². The van der Waals surface area contributed by atoms with Gasteiger partial charge in [0.1, 0.15) is 5.69 Å². The number of aliphatic imine (C=N–C) groups is 1. The minimum Gasteiger partial charge on any atom is -0.346 e. The van der Waals surface area contributed by atoms with E-state index in [0.717, 1.165) is 38.7 Å². The van der Waals surface area contributed by atoms with Crippen LogP contribution in [-0.2, 0) is 5.41 Å². The molecule has 0 bridgehead atoms. The minimum atomic E-state index is -3.04. The van der Waals surface area contributed by atoms with Gasteiger partial charge in [0, 0.05) is 46.7 Å². The fraction of sp³-hybridized carbons (Fsp3) is 0.143. The zero-order valence-electron chi connectivity index (χ0n) is 24.9. The molecular weight excluding hydrogens is 567 g/mol. The molecule has 4 aromatic carbocycles. The number of nitrogens with zero attached hydrogens (tertiary/aromatic N) is 6. The summed E-state index contributed by atoms with van der Waals surface area (Å²) >= 11 is 0. The molecule has 8 nitrogen and oxygen atoms in total. The van der Waals surface area contributed by atoms with E-state index in [0.29, 0.717) is 11.5 Å². The van der Waals surface area contributed by atoms with Crippen molar-refractivity contribution in [2.45, 2.75) is 26.2 Å². The molecule has 3 heterocycles. The first-order valence-corrected chi connectivity index (χ1v) is 16.2. The summed E-state index contributed by atoms with van der Waals surface area (Å²) in [4.78, 5) is 19.4. The number of allylic oxidation sites excluding steroid dienone is 2. The maximum absolute atomic E-state index is 12.3. The van der Waals surface area contributed by atoms with Crippen LogP contribution in [0.1, 0.15) is 25.1 Å². The Balaban J connectivity index is 1.69. The van der Waals surface area contributed by atoms with E-state index in [1.807, 2.05) is 66.4 Å². The number of aryl methyl sites for hydroxylation is 1. The van der Waals surface area contributed by atoms with E-state index in [-0.39, 0.29) is 10.6 Å². The smallest absolute Gasteiger partial charge is 0.294 e. The second-order valence-corrected chi connectivity index (χ2v) is 14.4. The highest BCUT2D eigenvalue weighted by atomic mass is 31.2. The van der Waals surface area contributed by atoms with Gasteiger partial charge in [-0.1, -0.05) is 92.7 Å². The van der Waals surface area contributed by atoms with Crippen LogP contribution in [0.25, 0.3) is 5.69 Å². The van der Waals surface area contributed by atoms with Crippen LogP contribution in [0.4, 0.5) is 22.9 Å². The first kappa shape index (κ1) is 27.7. The van der Waals surface area contributed by atoms with E-state index >= 15 is 0 Å². The lowest BCUT2D eigenvalue weighted by Crippen LogP contribution is -2.30. The molecule has 7 rings (SSSR count). The summed E-state index contributed by atoms with van der Waals surface area (Å²) < 4.78 is 7.45. The summed E-state index contributed by atoms with van der Waals surface area (Å²) in [5.41, 5.74) is 4.96. The lowest BCUT2D eigenvalue weighted by molar-refractivity contribution is -0.384. The maximum Gasteiger partial charge on any atom is 0.294 e. The number of likely N-dealkylation sites (N-methyl/N-ethyl adjacent to an activating group) is 1. The van der Waals surface area contributed by atoms with Crippen LogP contribution in [0, 0.1) is 17.0 Å². The molecule has 44 heavy (non-hydrogen) atoms. The van der Waals surface area contributed by atoms with Crippen LogP contribution < -0.4 is 15.5 Å². The summed E-state index contributed by atoms with van der Waals surface area (Å²) in [6.45, 7) is 6.45. The van der Waals surface area contributed by atoms with Crippen molar-refractivity contribution in [2.24, 2.45) is 9.74 Å². The van der Waals surface area contributed by atoms with Gasteiger partial charge in [-0.25, -0.2) is 14.4 Å². The highest BCUT2D eigenvalue weighted by Crippen LogP contribution is 2.65. The molecule has 2 aliphatic heterocycles. The van der Waals surface area contributed by atoms with Gasteiger partial charge in [-0.3, -0.25) is 10.1 Å². The fourth-order valence-electron chi connectivity index (χ4n) is 6.68. The van der Waals surface area contributed by atoms with E-state index < -0.39 is 12.5 Å². The third-order valence-corrected chi connectivity index (χ3v) is 12.3. The van der Waals surface area contributed by atoms with Crippen LogP contribution in [0.5, 0.6) is 0 Å². The number of aromatic nitrogens is 2. The lowest BCUT2D eigenvalue weighted by atomic mass is 9.84. The molecule has 0 saturated carbocycles. The molecule has 0 spiro atoms. The molecule has 218 valence electrons. The Hall–Kier alpha value is -5.07. The van der Waals surface area contributed by atoms with E-state index in [1.54, 1.807) is 18.2 Å². The monoisotopic (exact) mass is 598 g/mol. The van der Waals surface area contributed by atoms with Gasteiger partial charge in [0.25, 0.3) is 5.69 Å². The average Bonchev–Trinajstić information content (AvgIpc) is 3.49. The number of hydrogen-bond donors (Lipinski definition) is 0. The molecule has 1 unspecified atom stereocenters. The lowest BCUT2D eigenvalue weighted by Gasteiger charge is -2.35. The molecule has 0 aliphatic carbocycles. The van der Waals surface area contributed by atoms with Gasteiger partial charge in [-0.15, -0.1) is 0 Å². The number of benzene rings is 4. The van der Waals surface area contributed by atoms with Gasteiger partial charge in [-0.05, 0) is 36.8 Å². The van der Waals surface area contributed by atoms with E-state index in [1.165, 1.54) is 11.6 Å². The third-order valence-electron chi connectivity index (χ3n) is 8.56. The third kappa shape index (κ3) is 4.02. The quantitative estimate of drug-likeness (QED) is 0.119. The molecule has 1 aromatic heterocycles. The van der Waals surface area contributed by atoms with Crippen LogP contribution in [-0.4, -0.2) is 28.0 Å². The Labute approximate surface area is 256 Å². The Bertz CT molecular complexity index is 2060. The van der Waals surface area contributed by atoms with Crippen LogP contribution in [0.2, 0.25) is 0 Å². The number of nitro groups is 1. The summed E-state index contributed by atoms with van der Waals surface area (Å²) in [6, 6.07) is 35.3. The normalized spacial score (nSPS) is 19.9. The van der Waals surface area contributed by atoms with Crippen LogP contribution in [0.15, 0.2) is 130 Å². The maximum atomic E-state index is 12.3. The van der Waals surface area contributed by atoms with E-state index in [2.05, 4.69) is 62.2 Å². The number of rotatable bonds is 4. The summed E-state index contributed by atoms with van der Waals surface area (Å²) in [7, 11) is -0.950. The Morgan fingerprint density at radius 3 is 2.20 bits per heavy atom. The van der Waals surface area contributed by atoms with Crippen LogP contribution >= 0.6 is 7.05 Å². The van der Waals surface area contributed by atoms with Gasteiger partial charge in [0.2, 0.25) is 0 Å². The Morgan fingerprint density at radius 2 is 1.50 bits per heavy atom. The number of fused-ring (bicyclic) bond motifs is 2. The minimum absolute atomic E-state index is 0.0355. The van der Waals surface area contributed by atoms with Gasteiger partial charge >= 0.3 is 0 Å². The van der Waals surface area contributed by atoms with Crippen molar-refractivity contribution in [3.8, 4) is 5.69 Å². The predicted molar refractivity (Wildman–Crippen MR) is 179 cm³/mol. The molecule has 0 radical (unpaired) electrons. The van der Waals surface area contributed by atoms with Crippen molar-refractivity contribution in [3.05, 3.63) is 142 Å². The molecule has 2 aliphatic rings. The van der Waals surface area contributed by atoms with Crippen molar-refractivity contribution in [1.29, 1.82) is 0 Å². The number of anilines is 1. The zero-order valence-corrected chi connectivity index (χ0v) is 25.8. The zero-order chi connectivity index (χ0) is 30.6. The first-order chi connectivity index (χ1) is 21.2. The largest absolute Gasteiger partial charge is 0.346 e. The van der Waals surface area contributed by atoms with Crippen molar-refractivity contribution >= 4 is 46.8 Å². The average molecular weight is 599 g/mol. The molecule has 0 fully saturated rings. The van der Waals surface area contributed by atoms with Crippen LogP contribution in [0.3, 0.4) is 0 Å². The summed E-state index contributed by atoms with van der Waals surface area (Å²) in [5, 5.41) is 20.2. The molecule has 1 atom stereocenters. The molecule has 0 amide bonds. The van der Waals surface area contributed by atoms with E-state index in [9.17, 15) is 10.1 Å². The number of para-hydroxylation sites is 3. The molecular formula is C35H31N6O2P. The van der Waals surface area contributed by atoms with Crippen molar-refractivity contribution in [2.75, 3.05) is 11.9 Å².